The van der Waals surface area contributed by atoms with Gasteiger partial charge in [0, 0.05) is 0 Å². The third-order valence-electron chi connectivity index (χ3n) is 7.16. The summed E-state index contributed by atoms with van der Waals surface area (Å²) in [6.07, 6.45) is 4.68. The Morgan fingerprint density at radius 3 is 1.54 bits per heavy atom. The summed E-state index contributed by atoms with van der Waals surface area (Å²) in [7, 11) is 16.3. The Morgan fingerprint density at radius 1 is 0.750 bits per heavy atom. The second-order valence-corrected chi connectivity index (χ2v) is 37.0. The zero-order valence-corrected chi connectivity index (χ0v) is 21.4. The molecule has 0 saturated carbocycles. The molecule has 0 bridgehead atoms. The third kappa shape index (κ3) is 2.82. The number of hydrogen-bond acceptors (Lipinski definition) is 0. The number of fused-ring (bicyclic) bond motifs is 2. The van der Waals surface area contributed by atoms with Crippen LogP contribution in [0.1, 0.15) is 58.4 Å². The molecule has 0 saturated heterocycles. The van der Waals surface area contributed by atoms with E-state index in [1.165, 1.54) is 45.5 Å². The first-order chi connectivity index (χ1) is 13.3. The monoisotopic (exact) mass is 463 g/mol. The minimum absolute atomic E-state index is 0.215. The van der Waals surface area contributed by atoms with Crippen LogP contribution in [-0.2, 0) is 12.4 Å². The molecule has 0 N–H and O–H groups in total. The molecule has 28 heavy (non-hydrogen) atoms. The molecule has 0 aliphatic heterocycles. The molecule has 2 aromatic carbocycles. The van der Waals surface area contributed by atoms with Crippen molar-refractivity contribution >= 4 is 37.4 Å². The predicted molar refractivity (Wildman–Crippen MR) is 125 cm³/mol. The number of rotatable bonds is 5. The van der Waals surface area contributed by atoms with Crippen LogP contribution in [0.3, 0.4) is 0 Å². The van der Waals surface area contributed by atoms with Gasteiger partial charge in [0.1, 0.15) is 0 Å². The van der Waals surface area contributed by atoms with Gasteiger partial charge < -0.3 is 0 Å². The van der Waals surface area contributed by atoms with Crippen LogP contribution in [0.5, 0.6) is 0 Å². The zero-order chi connectivity index (χ0) is 20.1. The summed E-state index contributed by atoms with van der Waals surface area (Å²) >= 11 is -4.13. The summed E-state index contributed by atoms with van der Waals surface area (Å²) in [5.41, 5.74) is 8.13. The fraction of sp³-hybridized carbons (Fsp3) is 0.333. The van der Waals surface area contributed by atoms with E-state index in [9.17, 15) is 0 Å². The average molecular weight is 464 g/mol. The van der Waals surface area contributed by atoms with Crippen molar-refractivity contribution in [1.82, 2.24) is 0 Å². The van der Waals surface area contributed by atoms with Gasteiger partial charge in [0.25, 0.3) is 0 Å². The first kappa shape index (κ1) is 20.7. The number of hydrogen-bond donors (Lipinski definition) is 0. The summed E-state index contributed by atoms with van der Waals surface area (Å²) < 4.78 is 0.431. The van der Waals surface area contributed by atoms with E-state index >= 15 is 0 Å². The van der Waals surface area contributed by atoms with Gasteiger partial charge in [0.2, 0.25) is 0 Å². The van der Waals surface area contributed by atoms with Crippen molar-refractivity contribution in [2.24, 2.45) is 0 Å². The van der Waals surface area contributed by atoms with E-state index < -0.39 is 19.1 Å². The average Bonchev–Trinajstić information content (AvgIpc) is 3.18. The molecule has 0 aromatic heterocycles. The molecular weight excluding hydrogens is 435 g/mol. The van der Waals surface area contributed by atoms with Gasteiger partial charge in [-0.15, -0.1) is 0 Å². The molecule has 2 unspecified atom stereocenters. The molecule has 0 heterocycles. The van der Waals surface area contributed by atoms with Crippen LogP contribution >= 0.6 is 18.6 Å². The SMILES string of the molecule is CC[SiH](CC)[Ti]([Cl])([Cl])([CH]1C(C)=Cc2ccccc21)[CH]1C(C)=Cc2ccccc21. The van der Waals surface area contributed by atoms with Gasteiger partial charge in [0.05, 0.1) is 0 Å². The van der Waals surface area contributed by atoms with Crippen LogP contribution in [0.25, 0.3) is 12.2 Å². The van der Waals surface area contributed by atoms with E-state index in [1.807, 2.05) is 0 Å². The van der Waals surface area contributed by atoms with E-state index in [-0.39, 0.29) is 8.45 Å². The summed E-state index contributed by atoms with van der Waals surface area (Å²) in [6.45, 7) is 7.77. The first-order valence-electron chi connectivity index (χ1n) is 10.4. The van der Waals surface area contributed by atoms with Crippen LogP contribution in [0.4, 0.5) is 0 Å². The molecule has 0 radical (unpaired) electrons. The Bertz CT molecular complexity index is 916. The van der Waals surface area contributed by atoms with Crippen LogP contribution in [0, 0.1) is 0 Å². The van der Waals surface area contributed by atoms with Gasteiger partial charge in [-0.3, -0.25) is 0 Å². The molecule has 147 valence electrons. The number of allylic oxidation sites excluding steroid dienone is 2. The van der Waals surface area contributed by atoms with Crippen molar-refractivity contribution in [2.45, 2.75) is 48.2 Å². The van der Waals surface area contributed by atoms with Gasteiger partial charge in [-0.05, 0) is 0 Å². The third-order valence-corrected chi connectivity index (χ3v) is 41.6. The van der Waals surface area contributed by atoms with Crippen LogP contribution in [0.15, 0.2) is 59.7 Å². The molecule has 2 aliphatic rings. The normalized spacial score (nSPS) is 22.3. The van der Waals surface area contributed by atoms with Crippen molar-refractivity contribution in [3.05, 3.63) is 81.9 Å². The molecule has 2 atom stereocenters. The molecule has 0 nitrogen and oxygen atoms in total. The number of halogens is 2. The quantitative estimate of drug-likeness (QED) is 0.393. The zero-order valence-electron chi connectivity index (χ0n) is 17.2. The molecule has 2 aromatic rings. The number of benzene rings is 2. The van der Waals surface area contributed by atoms with Gasteiger partial charge >= 0.3 is 180 Å². The van der Waals surface area contributed by atoms with E-state index in [4.69, 9.17) is 18.6 Å². The second-order valence-electron chi connectivity index (χ2n) is 8.64. The molecule has 0 spiro atoms. The van der Waals surface area contributed by atoms with E-state index in [1.54, 1.807) is 0 Å². The topological polar surface area (TPSA) is 0 Å². The Morgan fingerprint density at radius 2 is 1.14 bits per heavy atom. The van der Waals surface area contributed by atoms with Crippen molar-refractivity contribution in [1.29, 1.82) is 0 Å². The summed E-state index contributed by atoms with van der Waals surface area (Å²) in [5.74, 6) is 0. The van der Waals surface area contributed by atoms with Crippen molar-refractivity contribution in [3.63, 3.8) is 0 Å². The van der Waals surface area contributed by atoms with Crippen LogP contribution in [0.2, 0.25) is 12.1 Å². The van der Waals surface area contributed by atoms with Crippen molar-refractivity contribution < 1.29 is 12.4 Å². The fourth-order valence-electron chi connectivity index (χ4n) is 6.13. The fourth-order valence-corrected chi connectivity index (χ4v) is 43.2. The Balaban J connectivity index is 2.02. The Hall–Kier alpha value is -0.569. The van der Waals surface area contributed by atoms with Crippen molar-refractivity contribution in [2.75, 3.05) is 0 Å². The maximum atomic E-state index is 8.16. The predicted octanol–water partition coefficient (Wildman–Crippen LogP) is 8.06. The van der Waals surface area contributed by atoms with Gasteiger partial charge in [-0.25, -0.2) is 0 Å². The summed E-state index contributed by atoms with van der Waals surface area (Å²) in [5, 5.41) is 0. The van der Waals surface area contributed by atoms with Crippen LogP contribution in [-0.4, -0.2) is 6.66 Å². The second kappa shape index (κ2) is 7.29. The van der Waals surface area contributed by atoms with E-state index in [0.29, 0.717) is 0 Å². The molecule has 4 rings (SSSR count). The minimum atomic E-state index is -4.13. The first-order valence-corrected chi connectivity index (χ1v) is 21.5. The van der Waals surface area contributed by atoms with Gasteiger partial charge in [0.15, 0.2) is 0 Å². The molecular formula is C24H29Cl2SiTi. The molecule has 0 fully saturated rings. The molecule has 0 amide bonds. The maximum absolute atomic E-state index is 8.16. The van der Waals surface area contributed by atoms with Crippen LogP contribution < -0.4 is 0 Å². The molecule has 4 heteroatoms. The van der Waals surface area contributed by atoms with E-state index in [0.717, 1.165) is 0 Å². The summed E-state index contributed by atoms with van der Waals surface area (Å²) in [6, 6.07) is 19.9. The standard InChI is InChI=1S/2C10H9.C4H11Si.2ClH.Ti/c2*1-8-6-9-4-2-3-5-10(9)7-8;1-3-5-4-2;;;/h2*2-7H,1H3;5H,3-4H2,1-2H3;2*1H;/q;;;;;+2/p-2. The van der Waals surface area contributed by atoms with Gasteiger partial charge in [-0.1, -0.05) is 0 Å². The Labute approximate surface area is 179 Å². The van der Waals surface area contributed by atoms with Gasteiger partial charge in [-0.2, -0.15) is 0 Å². The van der Waals surface area contributed by atoms with Crippen molar-refractivity contribution in [3.8, 4) is 0 Å². The van der Waals surface area contributed by atoms with E-state index in [2.05, 4.69) is 88.4 Å². The summed E-state index contributed by atoms with van der Waals surface area (Å²) in [4.78, 5) is 0. The Kier molecular flexibility index (Phi) is 5.39. The molecule has 2 aliphatic carbocycles.